The molecule has 1 aromatic heterocycles. The number of hydrogen-bond donors (Lipinski definition) is 2. The van der Waals surface area contributed by atoms with Gasteiger partial charge >= 0.3 is 5.97 Å². The zero-order valence-electron chi connectivity index (χ0n) is 18.1. The Bertz CT molecular complexity index is 865. The first kappa shape index (κ1) is 23.2. The van der Waals surface area contributed by atoms with Gasteiger partial charge in [-0.1, -0.05) is 25.1 Å². The predicted molar refractivity (Wildman–Crippen MR) is 117 cm³/mol. The molecule has 10 heteroatoms. The summed E-state index contributed by atoms with van der Waals surface area (Å²) in [6.45, 7) is 6.74. The molecule has 31 heavy (non-hydrogen) atoms. The van der Waals surface area contributed by atoms with Crippen molar-refractivity contribution < 1.29 is 24.0 Å². The van der Waals surface area contributed by atoms with E-state index >= 15 is 0 Å². The van der Waals surface area contributed by atoms with Crippen LogP contribution < -0.4 is 10.2 Å². The molecule has 168 valence electrons. The van der Waals surface area contributed by atoms with Crippen LogP contribution in [0.4, 0.5) is 5.69 Å². The second kappa shape index (κ2) is 11.8. The average Bonchev–Trinajstić information content (AvgIpc) is 3.13. The molecule has 1 aliphatic rings. The number of thioether (sulfide) groups is 1. The van der Waals surface area contributed by atoms with Crippen LogP contribution in [0, 0.1) is 0 Å². The van der Waals surface area contributed by atoms with E-state index in [9.17, 15) is 9.59 Å². The number of carbonyl (C=O) groups is 2. The lowest BCUT2D eigenvalue weighted by Gasteiger charge is -2.23. The Morgan fingerprint density at radius 1 is 1.23 bits per heavy atom. The minimum atomic E-state index is -0.348. The summed E-state index contributed by atoms with van der Waals surface area (Å²) in [4.78, 5) is 25.7. The Kier molecular flexibility index (Phi) is 8.86. The van der Waals surface area contributed by atoms with Crippen LogP contribution >= 0.6 is 11.8 Å². The number of amides is 1. The van der Waals surface area contributed by atoms with Crippen molar-refractivity contribution in [3.8, 4) is 0 Å². The van der Waals surface area contributed by atoms with Crippen molar-refractivity contribution in [2.45, 2.75) is 31.5 Å². The summed E-state index contributed by atoms with van der Waals surface area (Å²) < 4.78 is 12.5. The van der Waals surface area contributed by atoms with Gasteiger partial charge in [-0.3, -0.25) is 4.79 Å². The van der Waals surface area contributed by atoms with Gasteiger partial charge in [0, 0.05) is 12.7 Å². The highest BCUT2D eigenvalue weighted by molar-refractivity contribution is 7.99. The number of rotatable bonds is 10. The molecular formula is C21H30N5O4S+. The van der Waals surface area contributed by atoms with Crippen LogP contribution in [-0.4, -0.2) is 65.3 Å². The maximum Gasteiger partial charge on any atom is 0.338 e. The highest BCUT2D eigenvalue weighted by Crippen LogP contribution is 2.17. The predicted octanol–water partition coefficient (Wildman–Crippen LogP) is 0.918. The normalized spacial score (nSPS) is 14.4. The van der Waals surface area contributed by atoms with E-state index in [0.29, 0.717) is 23.0 Å². The monoisotopic (exact) mass is 448 g/mol. The molecule has 0 atom stereocenters. The van der Waals surface area contributed by atoms with Crippen molar-refractivity contribution in [3.63, 3.8) is 0 Å². The molecular weight excluding hydrogens is 418 g/mol. The standard InChI is InChI=1S/C21H29N5O4S/c1-3-4-11-30-20(28)16-5-7-17(8-6-16)22-19(27)15-31-21-24-23-18(25(21)2)14-26-9-12-29-13-10-26/h5-8H,3-4,9-15H2,1-2H3,(H,22,27)/p+1. The van der Waals surface area contributed by atoms with Crippen LogP contribution in [0.1, 0.15) is 35.9 Å². The number of nitrogens with zero attached hydrogens (tertiary/aromatic N) is 3. The van der Waals surface area contributed by atoms with Crippen molar-refractivity contribution in [3.05, 3.63) is 35.7 Å². The molecule has 0 saturated carbocycles. The molecule has 0 bridgehead atoms. The van der Waals surface area contributed by atoms with Crippen molar-refractivity contribution in [1.29, 1.82) is 0 Å². The van der Waals surface area contributed by atoms with E-state index in [2.05, 4.69) is 15.5 Å². The third-order valence-electron chi connectivity index (χ3n) is 5.00. The zero-order valence-corrected chi connectivity index (χ0v) is 18.9. The van der Waals surface area contributed by atoms with E-state index in [1.54, 1.807) is 24.3 Å². The fourth-order valence-corrected chi connectivity index (χ4v) is 3.82. The van der Waals surface area contributed by atoms with Gasteiger partial charge in [0.25, 0.3) is 0 Å². The first-order valence-electron chi connectivity index (χ1n) is 10.6. The number of morpholine rings is 1. The van der Waals surface area contributed by atoms with Crippen LogP contribution in [0.15, 0.2) is 29.4 Å². The SMILES string of the molecule is CCCCOC(=O)c1ccc(NC(=O)CSc2nnc(C[NH+]3CCOCC3)n2C)cc1. The topological polar surface area (TPSA) is 99.8 Å². The van der Waals surface area contributed by atoms with E-state index < -0.39 is 0 Å². The van der Waals surface area contributed by atoms with Gasteiger partial charge in [-0.2, -0.15) is 0 Å². The first-order valence-corrected chi connectivity index (χ1v) is 11.5. The highest BCUT2D eigenvalue weighted by Gasteiger charge is 2.19. The Hall–Kier alpha value is -2.43. The summed E-state index contributed by atoms with van der Waals surface area (Å²) in [7, 11) is 1.92. The fourth-order valence-electron chi connectivity index (χ4n) is 3.09. The molecule has 1 aromatic carbocycles. The van der Waals surface area contributed by atoms with Crippen molar-refractivity contribution >= 4 is 29.3 Å². The number of benzene rings is 1. The molecule has 0 aliphatic carbocycles. The molecule has 2 heterocycles. The number of aromatic nitrogens is 3. The Morgan fingerprint density at radius 3 is 2.68 bits per heavy atom. The average molecular weight is 449 g/mol. The minimum Gasteiger partial charge on any atom is -0.462 e. The minimum absolute atomic E-state index is 0.147. The lowest BCUT2D eigenvalue weighted by Crippen LogP contribution is -3.12. The largest absolute Gasteiger partial charge is 0.462 e. The summed E-state index contributed by atoms with van der Waals surface area (Å²) in [6, 6.07) is 6.70. The number of nitrogens with one attached hydrogen (secondary N) is 2. The number of unbranched alkanes of at least 4 members (excludes halogenated alkanes) is 1. The van der Waals surface area contributed by atoms with Gasteiger partial charge in [0.05, 0.1) is 31.1 Å². The van der Waals surface area contributed by atoms with Crippen LogP contribution in [0.2, 0.25) is 0 Å². The molecule has 2 aromatic rings. The molecule has 9 nitrogen and oxygen atoms in total. The second-order valence-corrected chi connectivity index (χ2v) is 8.34. The summed E-state index contributed by atoms with van der Waals surface area (Å²) in [5.41, 5.74) is 1.10. The smallest absolute Gasteiger partial charge is 0.338 e. The number of esters is 1. The molecule has 3 rings (SSSR count). The van der Waals surface area contributed by atoms with Gasteiger partial charge in [0.2, 0.25) is 5.91 Å². The third kappa shape index (κ3) is 7.05. The lowest BCUT2D eigenvalue weighted by molar-refractivity contribution is -0.922. The maximum absolute atomic E-state index is 12.3. The van der Waals surface area contributed by atoms with Gasteiger partial charge < -0.3 is 24.3 Å². The fraction of sp³-hybridized carbons (Fsp3) is 0.524. The molecule has 1 fully saturated rings. The van der Waals surface area contributed by atoms with Gasteiger partial charge in [0.1, 0.15) is 19.6 Å². The molecule has 1 amide bonds. The molecule has 0 unspecified atom stereocenters. The molecule has 0 spiro atoms. The van der Waals surface area contributed by atoms with Crippen LogP contribution in [0.5, 0.6) is 0 Å². The summed E-state index contributed by atoms with van der Waals surface area (Å²) in [6.07, 6.45) is 1.82. The highest BCUT2D eigenvalue weighted by atomic mass is 32.2. The molecule has 2 N–H and O–H groups in total. The Morgan fingerprint density at radius 2 is 1.97 bits per heavy atom. The van der Waals surface area contributed by atoms with Crippen molar-refractivity contribution in [1.82, 2.24) is 14.8 Å². The molecule has 1 aliphatic heterocycles. The van der Waals surface area contributed by atoms with Crippen LogP contribution in [-0.2, 0) is 27.9 Å². The second-order valence-electron chi connectivity index (χ2n) is 7.40. The number of ether oxygens (including phenoxy) is 2. The van der Waals surface area contributed by atoms with E-state index in [0.717, 1.165) is 51.5 Å². The quantitative estimate of drug-likeness (QED) is 0.317. The molecule has 0 radical (unpaired) electrons. The van der Waals surface area contributed by atoms with Gasteiger partial charge in [-0.05, 0) is 30.7 Å². The van der Waals surface area contributed by atoms with E-state index in [1.807, 2.05) is 18.5 Å². The van der Waals surface area contributed by atoms with Crippen LogP contribution in [0.25, 0.3) is 0 Å². The van der Waals surface area contributed by atoms with Gasteiger partial charge in [0.15, 0.2) is 11.0 Å². The number of quaternary nitrogens is 1. The summed E-state index contributed by atoms with van der Waals surface area (Å²) >= 11 is 1.35. The van der Waals surface area contributed by atoms with Gasteiger partial charge in [-0.15, -0.1) is 10.2 Å². The zero-order chi connectivity index (χ0) is 22.1. The van der Waals surface area contributed by atoms with E-state index in [-0.39, 0.29) is 17.6 Å². The van der Waals surface area contributed by atoms with E-state index in [1.165, 1.54) is 16.7 Å². The number of carbonyl (C=O) groups excluding carboxylic acids is 2. The van der Waals surface area contributed by atoms with Gasteiger partial charge in [-0.25, -0.2) is 4.79 Å². The Balaban J connectivity index is 1.45. The number of anilines is 1. The van der Waals surface area contributed by atoms with E-state index in [4.69, 9.17) is 9.47 Å². The Labute approximate surface area is 186 Å². The first-order chi connectivity index (χ1) is 15.1. The number of hydrogen-bond acceptors (Lipinski definition) is 7. The van der Waals surface area contributed by atoms with Crippen molar-refractivity contribution in [2.24, 2.45) is 7.05 Å². The maximum atomic E-state index is 12.3. The van der Waals surface area contributed by atoms with Crippen LogP contribution in [0.3, 0.4) is 0 Å². The summed E-state index contributed by atoms with van der Waals surface area (Å²) in [5, 5.41) is 12.0. The lowest BCUT2D eigenvalue weighted by atomic mass is 10.2. The molecule has 1 saturated heterocycles. The summed E-state index contributed by atoms with van der Waals surface area (Å²) in [5.74, 6) is 0.628. The van der Waals surface area contributed by atoms with Crippen molar-refractivity contribution in [2.75, 3.05) is 44.0 Å². The third-order valence-corrected chi connectivity index (χ3v) is 6.02.